The molecule has 0 radical (unpaired) electrons. The number of nitrogens with one attached hydrogen (secondary N) is 1. The number of fused-ring (bicyclic) bond motifs is 1. The first-order chi connectivity index (χ1) is 13.6. The second kappa shape index (κ2) is 6.37. The van der Waals surface area contributed by atoms with Gasteiger partial charge < -0.3 is 14.6 Å². The number of rotatable bonds is 2. The molecular formula is C23H20N2O3. The molecule has 0 bridgehead atoms. The van der Waals surface area contributed by atoms with Crippen LogP contribution in [0.3, 0.4) is 0 Å². The van der Waals surface area contributed by atoms with Crippen LogP contribution in [-0.2, 0) is 16.0 Å². The van der Waals surface area contributed by atoms with Crippen molar-refractivity contribution < 1.29 is 14.1 Å². The average molecular weight is 372 g/mol. The third-order valence-electron chi connectivity index (χ3n) is 5.58. The van der Waals surface area contributed by atoms with E-state index in [0.717, 1.165) is 51.5 Å². The van der Waals surface area contributed by atoms with Crippen molar-refractivity contribution in [2.75, 3.05) is 11.9 Å². The number of ether oxygens (including phenoxy) is 1. The van der Waals surface area contributed by atoms with Gasteiger partial charge in [-0.05, 0) is 43.0 Å². The molecule has 3 heterocycles. The molecule has 3 aromatic rings. The third kappa shape index (κ3) is 2.62. The lowest BCUT2D eigenvalue weighted by atomic mass is 9.84. The highest BCUT2D eigenvalue weighted by molar-refractivity contribution is 5.95. The number of esters is 1. The molecule has 140 valence electrons. The van der Waals surface area contributed by atoms with E-state index in [1.54, 1.807) is 0 Å². The maximum absolute atomic E-state index is 12.6. The number of cyclic esters (lactones) is 1. The second-order valence-corrected chi connectivity index (χ2v) is 7.33. The van der Waals surface area contributed by atoms with E-state index in [4.69, 9.17) is 9.26 Å². The second-order valence-electron chi connectivity index (χ2n) is 7.33. The van der Waals surface area contributed by atoms with Crippen LogP contribution in [0.25, 0.3) is 11.1 Å². The lowest BCUT2D eigenvalue weighted by Gasteiger charge is -2.18. The molecule has 2 aliphatic heterocycles. The van der Waals surface area contributed by atoms with Gasteiger partial charge in [0.25, 0.3) is 0 Å². The van der Waals surface area contributed by atoms with Crippen LogP contribution in [0.1, 0.15) is 28.5 Å². The van der Waals surface area contributed by atoms with E-state index in [-0.39, 0.29) is 11.9 Å². The van der Waals surface area contributed by atoms with Crippen LogP contribution in [0.2, 0.25) is 0 Å². The van der Waals surface area contributed by atoms with Crippen molar-refractivity contribution in [1.29, 1.82) is 0 Å². The Hall–Kier alpha value is -3.34. The molecule has 5 nitrogen and oxygen atoms in total. The summed E-state index contributed by atoms with van der Waals surface area (Å²) < 4.78 is 10.7. The number of aromatic nitrogens is 1. The molecule has 5 heteroatoms. The van der Waals surface area contributed by atoms with Crippen molar-refractivity contribution in [2.24, 2.45) is 0 Å². The Balaban J connectivity index is 1.64. The summed E-state index contributed by atoms with van der Waals surface area (Å²) in [6, 6.07) is 16.5. The summed E-state index contributed by atoms with van der Waals surface area (Å²) in [7, 11) is 0. The Bertz CT molecular complexity index is 1110. The summed E-state index contributed by atoms with van der Waals surface area (Å²) in [4.78, 5) is 12.6. The number of hydrogen-bond donors (Lipinski definition) is 1. The highest BCUT2D eigenvalue weighted by atomic mass is 16.5. The molecule has 1 N–H and O–H groups in total. The summed E-state index contributed by atoms with van der Waals surface area (Å²) in [5.41, 5.74) is 7.83. The summed E-state index contributed by atoms with van der Waals surface area (Å²) in [6.45, 7) is 4.16. The van der Waals surface area contributed by atoms with Gasteiger partial charge in [-0.2, -0.15) is 0 Å². The van der Waals surface area contributed by atoms with Gasteiger partial charge in [0.05, 0.1) is 17.0 Å². The third-order valence-corrected chi connectivity index (χ3v) is 5.58. The van der Waals surface area contributed by atoms with Gasteiger partial charge in [-0.3, -0.25) is 0 Å². The van der Waals surface area contributed by atoms with Crippen molar-refractivity contribution in [3.05, 3.63) is 82.4 Å². The molecule has 28 heavy (non-hydrogen) atoms. The Morgan fingerprint density at radius 1 is 1.11 bits per heavy atom. The van der Waals surface area contributed by atoms with Gasteiger partial charge in [0, 0.05) is 17.2 Å². The van der Waals surface area contributed by atoms with E-state index < -0.39 is 0 Å². The number of anilines is 1. The minimum Gasteiger partial charge on any atom is -0.456 e. The number of carbonyl (C=O) groups excluding carboxylic acids is 1. The molecule has 5 rings (SSSR count). The van der Waals surface area contributed by atoms with Gasteiger partial charge in [-0.15, -0.1) is 0 Å². The average Bonchev–Trinajstić information content (AvgIpc) is 3.16. The van der Waals surface area contributed by atoms with Crippen LogP contribution in [-0.4, -0.2) is 17.7 Å². The van der Waals surface area contributed by atoms with Crippen LogP contribution >= 0.6 is 0 Å². The summed E-state index contributed by atoms with van der Waals surface area (Å²) >= 11 is 0. The van der Waals surface area contributed by atoms with Gasteiger partial charge in [0.15, 0.2) is 0 Å². The molecular weight excluding hydrogens is 352 g/mol. The van der Waals surface area contributed by atoms with Crippen LogP contribution in [0, 0.1) is 13.8 Å². The molecule has 0 spiro atoms. The molecule has 1 atom stereocenters. The Kier molecular flexibility index (Phi) is 3.83. The summed E-state index contributed by atoms with van der Waals surface area (Å²) in [5, 5.41) is 7.50. The smallest absolute Gasteiger partial charge is 0.336 e. The first-order valence-corrected chi connectivity index (χ1v) is 9.40. The van der Waals surface area contributed by atoms with E-state index in [2.05, 4.69) is 34.7 Å². The fraction of sp³-hybridized carbons (Fsp3) is 0.217. The summed E-state index contributed by atoms with van der Waals surface area (Å²) in [6.07, 6.45) is 0.738. The predicted octanol–water partition coefficient (Wildman–Crippen LogP) is 4.52. The number of carbonyl (C=O) groups is 1. The minimum atomic E-state index is -0.233. The maximum Gasteiger partial charge on any atom is 0.336 e. The quantitative estimate of drug-likeness (QED) is 0.670. The SMILES string of the molecule is Cc1noc(C)c1-c1cccc(C2Cc3ccccc3NC3=C2C(=O)OC3)c1. The molecule has 2 aromatic carbocycles. The molecule has 0 saturated heterocycles. The summed E-state index contributed by atoms with van der Waals surface area (Å²) in [5.74, 6) is 0.493. The van der Waals surface area contributed by atoms with Gasteiger partial charge in [0.2, 0.25) is 0 Å². The van der Waals surface area contributed by atoms with Crippen molar-refractivity contribution in [3.8, 4) is 11.1 Å². The first kappa shape index (κ1) is 16.8. The van der Waals surface area contributed by atoms with E-state index >= 15 is 0 Å². The highest BCUT2D eigenvalue weighted by Gasteiger charge is 2.35. The molecule has 0 fully saturated rings. The standard InChI is InChI=1S/C23H20N2O3/c1-13-21(14(2)28-25-13)17-8-5-7-15(10-17)18-11-16-6-3-4-9-19(16)24-20-12-27-23(26)22(18)20/h3-10,18,24H,11-12H2,1-2H3. The maximum atomic E-state index is 12.6. The van der Waals surface area contributed by atoms with Crippen LogP contribution in [0.4, 0.5) is 5.69 Å². The van der Waals surface area contributed by atoms with E-state index in [9.17, 15) is 4.79 Å². The van der Waals surface area contributed by atoms with Crippen LogP contribution < -0.4 is 5.32 Å². The number of nitrogens with zero attached hydrogens (tertiary/aromatic N) is 1. The zero-order valence-electron chi connectivity index (χ0n) is 15.8. The minimum absolute atomic E-state index is 0.0680. The number of benzene rings is 2. The van der Waals surface area contributed by atoms with Gasteiger partial charge in [0.1, 0.15) is 12.4 Å². The Labute approximate surface area is 163 Å². The molecule has 1 unspecified atom stereocenters. The number of hydrogen-bond acceptors (Lipinski definition) is 5. The van der Waals surface area contributed by atoms with Gasteiger partial charge >= 0.3 is 5.97 Å². The number of para-hydroxylation sites is 1. The topological polar surface area (TPSA) is 64.4 Å². The van der Waals surface area contributed by atoms with Crippen LogP contribution in [0.15, 0.2) is 64.3 Å². The molecule has 0 saturated carbocycles. The van der Waals surface area contributed by atoms with Crippen molar-refractivity contribution in [3.63, 3.8) is 0 Å². The first-order valence-electron chi connectivity index (χ1n) is 9.40. The highest BCUT2D eigenvalue weighted by Crippen LogP contribution is 2.40. The van der Waals surface area contributed by atoms with E-state index in [0.29, 0.717) is 6.61 Å². The van der Waals surface area contributed by atoms with Crippen molar-refractivity contribution >= 4 is 11.7 Å². The zero-order valence-corrected chi connectivity index (χ0v) is 15.8. The van der Waals surface area contributed by atoms with Crippen LogP contribution in [0.5, 0.6) is 0 Å². The molecule has 0 amide bonds. The van der Waals surface area contributed by atoms with Gasteiger partial charge in [-0.1, -0.05) is 47.6 Å². The van der Waals surface area contributed by atoms with Crippen molar-refractivity contribution in [2.45, 2.75) is 26.2 Å². The largest absolute Gasteiger partial charge is 0.456 e. The predicted molar refractivity (Wildman–Crippen MR) is 106 cm³/mol. The molecule has 1 aromatic heterocycles. The Morgan fingerprint density at radius 2 is 1.96 bits per heavy atom. The van der Waals surface area contributed by atoms with E-state index in [1.165, 1.54) is 5.56 Å². The normalized spacial score (nSPS) is 18.2. The van der Waals surface area contributed by atoms with E-state index in [1.807, 2.05) is 38.1 Å². The lowest BCUT2D eigenvalue weighted by molar-refractivity contribution is -0.136. The fourth-order valence-corrected chi connectivity index (χ4v) is 4.27. The monoisotopic (exact) mass is 372 g/mol. The van der Waals surface area contributed by atoms with Crippen molar-refractivity contribution in [1.82, 2.24) is 5.16 Å². The zero-order chi connectivity index (χ0) is 19.3. The number of aryl methyl sites for hydroxylation is 2. The van der Waals surface area contributed by atoms with Gasteiger partial charge in [-0.25, -0.2) is 4.79 Å². The molecule has 0 aliphatic carbocycles. The Morgan fingerprint density at radius 3 is 2.79 bits per heavy atom. The lowest BCUT2D eigenvalue weighted by Crippen LogP contribution is -2.12. The fourth-order valence-electron chi connectivity index (χ4n) is 4.27. The molecule has 2 aliphatic rings.